The Labute approximate surface area is 114 Å². The molecule has 0 aromatic carbocycles. The van der Waals surface area contributed by atoms with Crippen molar-refractivity contribution < 1.29 is 9.59 Å². The number of hydrogen-bond acceptors (Lipinski definition) is 3. The van der Waals surface area contributed by atoms with E-state index in [-0.39, 0.29) is 11.7 Å². The van der Waals surface area contributed by atoms with Crippen LogP contribution in [0.25, 0.3) is 0 Å². The molecular weight excluding hydrogens is 240 g/mol. The van der Waals surface area contributed by atoms with E-state index in [4.69, 9.17) is 0 Å². The maximum Gasteiger partial charge on any atom is 0.233 e. The number of rotatable bonds is 7. The Morgan fingerprint density at radius 1 is 1.42 bits per heavy atom. The molecule has 0 radical (unpaired) electrons. The number of allylic oxidation sites excluding steroid dienone is 1. The van der Waals surface area contributed by atoms with Crippen molar-refractivity contribution in [3.8, 4) is 0 Å². The van der Waals surface area contributed by atoms with Gasteiger partial charge in [-0.2, -0.15) is 0 Å². The number of nitrogens with zero attached hydrogens (tertiary/aromatic N) is 2. The summed E-state index contributed by atoms with van der Waals surface area (Å²) < 4.78 is 0. The Kier molecular flexibility index (Phi) is 5.93. The molecule has 1 amide bonds. The maximum atomic E-state index is 12.4. The normalized spacial score (nSPS) is 11.7. The fourth-order valence-electron chi connectivity index (χ4n) is 1.88. The summed E-state index contributed by atoms with van der Waals surface area (Å²) in [4.78, 5) is 29.5. The highest BCUT2D eigenvalue weighted by molar-refractivity contribution is 6.00. The lowest BCUT2D eigenvalue weighted by Gasteiger charge is -2.24. The van der Waals surface area contributed by atoms with E-state index in [1.54, 1.807) is 23.4 Å². The van der Waals surface area contributed by atoms with Gasteiger partial charge in [0.05, 0.1) is 5.92 Å². The minimum atomic E-state index is -0.612. The average Bonchev–Trinajstić information content (AvgIpc) is 2.42. The molecule has 0 aliphatic rings. The van der Waals surface area contributed by atoms with Gasteiger partial charge in [0.2, 0.25) is 5.91 Å². The summed E-state index contributed by atoms with van der Waals surface area (Å²) in [5, 5.41) is 0. The Hall–Kier alpha value is -1.97. The molecule has 0 bridgehead atoms. The monoisotopic (exact) mass is 260 g/mol. The van der Waals surface area contributed by atoms with Gasteiger partial charge in [0.1, 0.15) is 5.78 Å². The molecule has 0 fully saturated rings. The lowest BCUT2D eigenvalue weighted by molar-refractivity contribution is -0.140. The molecule has 4 heteroatoms. The van der Waals surface area contributed by atoms with Crippen LogP contribution in [0, 0.1) is 5.92 Å². The Morgan fingerprint density at radius 3 is 2.53 bits per heavy atom. The lowest BCUT2D eigenvalue weighted by Crippen LogP contribution is -2.38. The molecule has 0 aliphatic heterocycles. The summed E-state index contributed by atoms with van der Waals surface area (Å²) >= 11 is 0. The second-order valence-electron chi connectivity index (χ2n) is 4.40. The number of Topliss-reactive ketones (excluding diaryl/α,β-unsaturated/α-hetero) is 1. The molecule has 4 nitrogen and oxygen atoms in total. The SMILES string of the molecule is C=CCC(C(C)=O)C(=O)N(CC)Cc1ccncc1. The van der Waals surface area contributed by atoms with Gasteiger partial charge in [-0.3, -0.25) is 14.6 Å². The lowest BCUT2D eigenvalue weighted by atomic mass is 9.99. The molecule has 1 unspecified atom stereocenters. The van der Waals surface area contributed by atoms with Gasteiger partial charge in [0, 0.05) is 25.5 Å². The summed E-state index contributed by atoms with van der Waals surface area (Å²) in [6.45, 7) is 8.03. The van der Waals surface area contributed by atoms with Crippen LogP contribution in [-0.2, 0) is 16.1 Å². The number of ketones is 1. The van der Waals surface area contributed by atoms with Crippen molar-refractivity contribution in [2.24, 2.45) is 5.92 Å². The van der Waals surface area contributed by atoms with E-state index in [0.717, 1.165) is 5.56 Å². The van der Waals surface area contributed by atoms with Gasteiger partial charge in [-0.25, -0.2) is 0 Å². The highest BCUT2D eigenvalue weighted by Gasteiger charge is 2.26. The molecular formula is C15H20N2O2. The van der Waals surface area contributed by atoms with Crippen LogP contribution < -0.4 is 0 Å². The molecule has 1 aromatic rings. The third-order valence-electron chi connectivity index (χ3n) is 3.01. The van der Waals surface area contributed by atoms with Crippen LogP contribution in [-0.4, -0.2) is 28.1 Å². The standard InChI is InChI=1S/C15H20N2O2/c1-4-6-14(12(3)18)15(19)17(5-2)11-13-7-9-16-10-8-13/h4,7-10,14H,1,5-6,11H2,2-3H3. The molecule has 0 saturated carbocycles. The number of carbonyl (C=O) groups is 2. The maximum absolute atomic E-state index is 12.4. The van der Waals surface area contributed by atoms with Crippen LogP contribution >= 0.6 is 0 Å². The first kappa shape index (κ1) is 15.1. The van der Waals surface area contributed by atoms with E-state index in [2.05, 4.69) is 11.6 Å². The predicted molar refractivity (Wildman–Crippen MR) is 74.3 cm³/mol. The van der Waals surface area contributed by atoms with Crippen LogP contribution in [0.4, 0.5) is 0 Å². The van der Waals surface area contributed by atoms with Crippen LogP contribution in [0.1, 0.15) is 25.8 Å². The van der Waals surface area contributed by atoms with Crippen molar-refractivity contribution in [2.45, 2.75) is 26.8 Å². The molecule has 1 atom stereocenters. The Balaban J connectivity index is 2.80. The van der Waals surface area contributed by atoms with Crippen LogP contribution in [0.2, 0.25) is 0 Å². The largest absolute Gasteiger partial charge is 0.338 e. The summed E-state index contributed by atoms with van der Waals surface area (Å²) in [5.74, 6) is -0.857. The summed E-state index contributed by atoms with van der Waals surface area (Å²) in [6.07, 6.45) is 5.39. The van der Waals surface area contributed by atoms with Gasteiger partial charge in [0.15, 0.2) is 0 Å². The van der Waals surface area contributed by atoms with Gasteiger partial charge in [-0.1, -0.05) is 6.08 Å². The quantitative estimate of drug-likeness (QED) is 0.558. The van der Waals surface area contributed by atoms with Crippen molar-refractivity contribution in [2.75, 3.05) is 6.54 Å². The molecule has 1 rings (SSSR count). The van der Waals surface area contributed by atoms with E-state index in [0.29, 0.717) is 19.5 Å². The van der Waals surface area contributed by atoms with Crippen molar-refractivity contribution in [1.82, 2.24) is 9.88 Å². The summed E-state index contributed by atoms with van der Waals surface area (Å²) in [6, 6.07) is 3.73. The Bertz CT molecular complexity index is 443. The number of aromatic nitrogens is 1. The van der Waals surface area contributed by atoms with Gasteiger partial charge < -0.3 is 4.90 Å². The van der Waals surface area contributed by atoms with Crippen molar-refractivity contribution in [1.29, 1.82) is 0 Å². The minimum absolute atomic E-state index is 0.113. The average molecular weight is 260 g/mol. The number of hydrogen-bond donors (Lipinski definition) is 0. The van der Waals surface area contributed by atoms with Crippen molar-refractivity contribution in [3.05, 3.63) is 42.7 Å². The molecule has 0 aliphatic carbocycles. The van der Waals surface area contributed by atoms with Crippen LogP contribution in [0.5, 0.6) is 0 Å². The summed E-state index contributed by atoms with van der Waals surface area (Å²) in [7, 11) is 0. The molecule has 0 N–H and O–H groups in total. The topological polar surface area (TPSA) is 50.3 Å². The molecule has 19 heavy (non-hydrogen) atoms. The fraction of sp³-hybridized carbons (Fsp3) is 0.400. The minimum Gasteiger partial charge on any atom is -0.338 e. The van der Waals surface area contributed by atoms with E-state index in [1.165, 1.54) is 6.92 Å². The zero-order valence-corrected chi connectivity index (χ0v) is 11.5. The molecule has 0 spiro atoms. The van der Waals surface area contributed by atoms with Gasteiger partial charge in [0.25, 0.3) is 0 Å². The third-order valence-corrected chi connectivity index (χ3v) is 3.01. The first-order chi connectivity index (χ1) is 9.10. The highest BCUT2D eigenvalue weighted by atomic mass is 16.2. The van der Waals surface area contributed by atoms with E-state index < -0.39 is 5.92 Å². The van der Waals surface area contributed by atoms with Gasteiger partial charge >= 0.3 is 0 Å². The second-order valence-corrected chi connectivity index (χ2v) is 4.40. The number of amides is 1. The summed E-state index contributed by atoms with van der Waals surface area (Å²) in [5.41, 5.74) is 1.01. The fourth-order valence-corrected chi connectivity index (χ4v) is 1.88. The van der Waals surface area contributed by atoms with E-state index in [9.17, 15) is 9.59 Å². The highest BCUT2D eigenvalue weighted by Crippen LogP contribution is 2.13. The van der Waals surface area contributed by atoms with Crippen molar-refractivity contribution in [3.63, 3.8) is 0 Å². The number of carbonyl (C=O) groups excluding carboxylic acids is 2. The molecule has 0 saturated heterocycles. The molecule has 102 valence electrons. The molecule has 1 aromatic heterocycles. The first-order valence-electron chi connectivity index (χ1n) is 6.39. The zero-order chi connectivity index (χ0) is 14.3. The van der Waals surface area contributed by atoms with Gasteiger partial charge in [-0.15, -0.1) is 6.58 Å². The van der Waals surface area contributed by atoms with E-state index >= 15 is 0 Å². The Morgan fingerprint density at radius 2 is 2.05 bits per heavy atom. The molecule has 1 heterocycles. The van der Waals surface area contributed by atoms with Crippen LogP contribution in [0.15, 0.2) is 37.2 Å². The van der Waals surface area contributed by atoms with Crippen LogP contribution in [0.3, 0.4) is 0 Å². The smallest absolute Gasteiger partial charge is 0.233 e. The predicted octanol–water partition coefficient (Wildman–Crippen LogP) is 2.21. The number of pyridine rings is 1. The zero-order valence-electron chi connectivity index (χ0n) is 11.5. The second kappa shape index (κ2) is 7.46. The van der Waals surface area contributed by atoms with Gasteiger partial charge in [-0.05, 0) is 38.0 Å². The van der Waals surface area contributed by atoms with E-state index in [1.807, 2.05) is 19.1 Å². The third kappa shape index (κ3) is 4.32. The first-order valence-corrected chi connectivity index (χ1v) is 6.39. The van der Waals surface area contributed by atoms with Crippen molar-refractivity contribution >= 4 is 11.7 Å².